The molecule has 3 heterocycles. The number of hydrogen-bond acceptors (Lipinski definition) is 5. The predicted octanol–water partition coefficient (Wildman–Crippen LogP) is 2.75. The first kappa shape index (κ1) is 15.4. The Kier molecular flexibility index (Phi) is 4.34. The molecule has 0 bridgehead atoms. The highest BCUT2D eigenvalue weighted by Crippen LogP contribution is 2.35. The van der Waals surface area contributed by atoms with Crippen LogP contribution in [0, 0.1) is 0 Å². The van der Waals surface area contributed by atoms with Gasteiger partial charge in [0.05, 0.1) is 18.9 Å². The summed E-state index contributed by atoms with van der Waals surface area (Å²) in [5, 5.41) is 0. The summed E-state index contributed by atoms with van der Waals surface area (Å²) in [7, 11) is 0. The van der Waals surface area contributed by atoms with Gasteiger partial charge in [0.25, 0.3) is 0 Å². The maximum Gasteiger partial charge on any atom is 0.228 e. The van der Waals surface area contributed by atoms with E-state index in [4.69, 9.17) is 14.7 Å². The first-order valence-electron chi connectivity index (χ1n) is 8.91. The Morgan fingerprint density at radius 1 is 1.04 bits per heavy atom. The molecule has 0 spiro atoms. The van der Waals surface area contributed by atoms with Gasteiger partial charge in [0, 0.05) is 37.3 Å². The quantitative estimate of drug-likeness (QED) is 0.865. The number of aromatic nitrogens is 2. The van der Waals surface area contributed by atoms with Crippen molar-refractivity contribution < 1.29 is 4.74 Å². The summed E-state index contributed by atoms with van der Waals surface area (Å²) in [6.45, 7) is 7.55. The Morgan fingerprint density at radius 3 is 2.58 bits per heavy atom. The largest absolute Gasteiger partial charge is 0.378 e. The van der Waals surface area contributed by atoms with Crippen LogP contribution in [0.5, 0.6) is 0 Å². The smallest absolute Gasteiger partial charge is 0.228 e. The van der Waals surface area contributed by atoms with Gasteiger partial charge in [0.1, 0.15) is 5.82 Å². The van der Waals surface area contributed by atoms with E-state index in [1.807, 2.05) is 0 Å². The highest BCUT2D eigenvalue weighted by Gasteiger charge is 2.27. The van der Waals surface area contributed by atoms with Crippen molar-refractivity contribution in [1.82, 2.24) is 9.97 Å². The highest BCUT2D eigenvalue weighted by molar-refractivity contribution is 5.73. The second-order valence-corrected chi connectivity index (χ2v) is 6.38. The van der Waals surface area contributed by atoms with Crippen LogP contribution in [0.4, 0.5) is 11.8 Å². The fourth-order valence-corrected chi connectivity index (χ4v) is 3.53. The molecule has 1 aromatic carbocycles. The van der Waals surface area contributed by atoms with Gasteiger partial charge in [-0.25, -0.2) is 4.98 Å². The summed E-state index contributed by atoms with van der Waals surface area (Å²) in [5.41, 5.74) is 3.58. The van der Waals surface area contributed by atoms with Crippen molar-refractivity contribution in [2.75, 3.05) is 49.2 Å². The van der Waals surface area contributed by atoms with Crippen LogP contribution in [0.25, 0.3) is 11.3 Å². The lowest BCUT2D eigenvalue weighted by atomic mass is 10.1. The molecule has 1 fully saturated rings. The van der Waals surface area contributed by atoms with E-state index in [1.165, 1.54) is 11.1 Å². The molecule has 5 nitrogen and oxygen atoms in total. The van der Waals surface area contributed by atoms with Gasteiger partial charge in [-0.2, -0.15) is 4.98 Å². The van der Waals surface area contributed by atoms with Gasteiger partial charge in [-0.3, -0.25) is 0 Å². The molecule has 24 heavy (non-hydrogen) atoms. The normalized spacial score (nSPS) is 17.2. The fraction of sp³-hybridized carbons (Fsp3) is 0.474. The maximum atomic E-state index is 5.48. The average Bonchev–Trinajstić information content (AvgIpc) is 3.06. The van der Waals surface area contributed by atoms with Crippen molar-refractivity contribution in [1.29, 1.82) is 0 Å². The number of benzene rings is 1. The SMILES string of the molecule is CCCN1CCc2c(-c3ccccc3)nc(N3CCOCC3)nc21. The molecular weight excluding hydrogens is 300 g/mol. The Balaban J connectivity index is 1.80. The van der Waals surface area contributed by atoms with Crippen LogP contribution in [0.2, 0.25) is 0 Å². The van der Waals surface area contributed by atoms with Gasteiger partial charge in [-0.15, -0.1) is 0 Å². The van der Waals surface area contributed by atoms with Gasteiger partial charge in [-0.05, 0) is 12.8 Å². The summed E-state index contributed by atoms with van der Waals surface area (Å²) in [6, 6.07) is 10.5. The molecule has 2 aliphatic heterocycles. The van der Waals surface area contributed by atoms with E-state index in [9.17, 15) is 0 Å². The van der Waals surface area contributed by atoms with Gasteiger partial charge in [0.2, 0.25) is 5.95 Å². The van der Waals surface area contributed by atoms with Crippen molar-refractivity contribution in [3.8, 4) is 11.3 Å². The second kappa shape index (κ2) is 6.77. The van der Waals surface area contributed by atoms with Crippen molar-refractivity contribution in [3.05, 3.63) is 35.9 Å². The lowest BCUT2D eigenvalue weighted by Gasteiger charge is -2.28. The molecule has 0 unspecified atom stereocenters. The molecule has 1 aromatic heterocycles. The van der Waals surface area contributed by atoms with E-state index in [-0.39, 0.29) is 0 Å². The van der Waals surface area contributed by atoms with Crippen LogP contribution in [0.1, 0.15) is 18.9 Å². The van der Waals surface area contributed by atoms with Crippen molar-refractivity contribution >= 4 is 11.8 Å². The maximum absolute atomic E-state index is 5.48. The van der Waals surface area contributed by atoms with E-state index in [0.717, 1.165) is 69.7 Å². The Labute approximate surface area is 143 Å². The molecule has 1 saturated heterocycles. The molecule has 4 rings (SSSR count). The van der Waals surface area contributed by atoms with Crippen LogP contribution in [-0.4, -0.2) is 49.4 Å². The van der Waals surface area contributed by atoms with E-state index >= 15 is 0 Å². The number of nitrogens with zero attached hydrogens (tertiary/aromatic N) is 4. The topological polar surface area (TPSA) is 41.5 Å². The summed E-state index contributed by atoms with van der Waals surface area (Å²) >= 11 is 0. The Bertz CT molecular complexity index is 698. The third kappa shape index (κ3) is 2.84. The second-order valence-electron chi connectivity index (χ2n) is 6.38. The minimum Gasteiger partial charge on any atom is -0.378 e. The van der Waals surface area contributed by atoms with Gasteiger partial charge >= 0.3 is 0 Å². The zero-order valence-electron chi connectivity index (χ0n) is 14.2. The number of ether oxygens (including phenoxy) is 1. The van der Waals surface area contributed by atoms with Crippen molar-refractivity contribution in [2.45, 2.75) is 19.8 Å². The lowest BCUT2D eigenvalue weighted by Crippen LogP contribution is -2.37. The summed E-state index contributed by atoms with van der Waals surface area (Å²) in [4.78, 5) is 14.6. The lowest BCUT2D eigenvalue weighted by molar-refractivity contribution is 0.122. The summed E-state index contributed by atoms with van der Waals surface area (Å²) in [5.74, 6) is 1.98. The number of anilines is 2. The minimum absolute atomic E-state index is 0.750. The number of morpholine rings is 1. The molecule has 0 amide bonds. The first-order chi connectivity index (χ1) is 11.9. The first-order valence-corrected chi connectivity index (χ1v) is 8.91. The molecule has 0 radical (unpaired) electrons. The third-order valence-corrected chi connectivity index (χ3v) is 4.74. The standard InChI is InChI=1S/C19H24N4O/c1-2-9-22-10-8-16-17(15-6-4-3-5-7-15)20-19(21-18(16)22)23-11-13-24-14-12-23/h3-7H,2,8-14H2,1H3. The summed E-state index contributed by atoms with van der Waals surface area (Å²) in [6.07, 6.45) is 2.17. The van der Waals surface area contributed by atoms with Crippen LogP contribution >= 0.6 is 0 Å². The van der Waals surface area contributed by atoms with Gasteiger partial charge < -0.3 is 14.5 Å². The molecule has 5 heteroatoms. The van der Waals surface area contributed by atoms with E-state index < -0.39 is 0 Å². The molecule has 0 saturated carbocycles. The molecule has 2 aromatic rings. The average molecular weight is 324 g/mol. The molecule has 126 valence electrons. The number of rotatable bonds is 4. The zero-order valence-corrected chi connectivity index (χ0v) is 14.2. The minimum atomic E-state index is 0.750. The van der Waals surface area contributed by atoms with Crippen LogP contribution < -0.4 is 9.80 Å². The van der Waals surface area contributed by atoms with Gasteiger partial charge in [-0.1, -0.05) is 37.3 Å². The number of hydrogen-bond donors (Lipinski definition) is 0. The highest BCUT2D eigenvalue weighted by atomic mass is 16.5. The Hall–Kier alpha value is -2.14. The zero-order chi connectivity index (χ0) is 16.4. The third-order valence-electron chi connectivity index (χ3n) is 4.74. The van der Waals surface area contributed by atoms with Crippen LogP contribution in [-0.2, 0) is 11.2 Å². The van der Waals surface area contributed by atoms with E-state index in [0.29, 0.717) is 0 Å². The summed E-state index contributed by atoms with van der Waals surface area (Å²) < 4.78 is 5.48. The van der Waals surface area contributed by atoms with Crippen LogP contribution in [0.3, 0.4) is 0 Å². The Morgan fingerprint density at radius 2 is 1.83 bits per heavy atom. The van der Waals surface area contributed by atoms with Crippen LogP contribution in [0.15, 0.2) is 30.3 Å². The predicted molar refractivity (Wildman–Crippen MR) is 96.7 cm³/mol. The molecule has 0 aliphatic carbocycles. The molecule has 0 N–H and O–H groups in total. The van der Waals surface area contributed by atoms with Gasteiger partial charge in [0.15, 0.2) is 0 Å². The van der Waals surface area contributed by atoms with E-state index in [2.05, 4.69) is 47.1 Å². The number of fused-ring (bicyclic) bond motifs is 1. The van der Waals surface area contributed by atoms with E-state index in [1.54, 1.807) is 0 Å². The monoisotopic (exact) mass is 324 g/mol. The molecular formula is C19H24N4O. The van der Waals surface area contributed by atoms with Crippen molar-refractivity contribution in [2.24, 2.45) is 0 Å². The fourth-order valence-electron chi connectivity index (χ4n) is 3.53. The van der Waals surface area contributed by atoms with Crippen molar-refractivity contribution in [3.63, 3.8) is 0 Å². The molecule has 2 aliphatic rings. The molecule has 0 atom stereocenters.